The minimum absolute atomic E-state index is 0.0477. The van der Waals surface area contributed by atoms with E-state index in [1.807, 2.05) is 0 Å². The topological polar surface area (TPSA) is 26.5 Å². The van der Waals surface area contributed by atoms with Gasteiger partial charge in [0.15, 0.2) is 5.60 Å². The third-order valence-corrected chi connectivity index (χ3v) is 7.87. The predicted octanol–water partition coefficient (Wildman–Crippen LogP) is 3.33. The molecule has 1 unspecified atom stereocenters. The third-order valence-electron chi connectivity index (χ3n) is 6.42. The second-order valence-corrected chi connectivity index (χ2v) is 8.48. The number of halogens is 1. The van der Waals surface area contributed by atoms with Gasteiger partial charge in [-0.3, -0.25) is 0 Å². The van der Waals surface area contributed by atoms with Gasteiger partial charge < -0.3 is 13.8 Å². The van der Waals surface area contributed by atoms with E-state index in [1.54, 1.807) is 0 Å². The predicted molar refractivity (Wildman–Crippen MR) is 105 cm³/mol. The lowest BCUT2D eigenvalue weighted by Crippen LogP contribution is -2.69. The SMILES string of the molecule is Cn1cc(C2=NCC3(C[N+]4(CI)CCC3CC4)O2)c2ccccc21. The summed E-state index contributed by atoms with van der Waals surface area (Å²) < 4.78 is 11.3. The molecule has 6 rings (SSSR count). The second kappa shape index (κ2) is 5.21. The van der Waals surface area contributed by atoms with Crippen LogP contribution in [0.2, 0.25) is 0 Å². The van der Waals surface area contributed by atoms with E-state index in [0.29, 0.717) is 5.92 Å². The summed E-state index contributed by atoms with van der Waals surface area (Å²) in [6.07, 6.45) is 4.76. The van der Waals surface area contributed by atoms with Gasteiger partial charge in [-0.2, -0.15) is 0 Å². The molecule has 1 aromatic carbocycles. The van der Waals surface area contributed by atoms with Gasteiger partial charge in [-0.25, -0.2) is 4.99 Å². The summed E-state index contributed by atoms with van der Waals surface area (Å²) in [6.45, 7) is 4.62. The zero-order chi connectivity index (χ0) is 16.4. The number of hydrogen-bond acceptors (Lipinski definition) is 2. The molecule has 5 heterocycles. The molecular formula is C19H23IN3O+. The van der Waals surface area contributed by atoms with E-state index in [4.69, 9.17) is 9.73 Å². The number of hydrogen-bond donors (Lipinski definition) is 0. The quantitative estimate of drug-likeness (QED) is 0.307. The molecule has 0 N–H and O–H groups in total. The fourth-order valence-electron chi connectivity index (χ4n) is 5.07. The largest absolute Gasteiger partial charge is 0.462 e. The first-order chi connectivity index (χ1) is 11.6. The van der Waals surface area contributed by atoms with Crippen LogP contribution in [0.25, 0.3) is 10.9 Å². The van der Waals surface area contributed by atoms with Crippen molar-refractivity contribution in [2.45, 2.75) is 18.4 Å². The number of nitrogens with zero attached hydrogens (tertiary/aromatic N) is 3. The molecule has 3 saturated heterocycles. The van der Waals surface area contributed by atoms with E-state index in [2.05, 4.69) is 64.7 Å². The number of fused-ring (bicyclic) bond motifs is 3. The van der Waals surface area contributed by atoms with Crippen molar-refractivity contribution in [2.24, 2.45) is 18.0 Å². The number of ether oxygens (including phenoxy) is 1. The third kappa shape index (κ3) is 2.03. The zero-order valence-corrected chi connectivity index (χ0v) is 16.2. The Balaban J connectivity index is 1.50. The zero-order valence-electron chi connectivity index (χ0n) is 14.0. The molecule has 2 bridgehead atoms. The summed E-state index contributed by atoms with van der Waals surface area (Å²) in [5.41, 5.74) is 2.35. The second-order valence-electron chi connectivity index (χ2n) is 7.80. The summed E-state index contributed by atoms with van der Waals surface area (Å²) in [6, 6.07) is 8.53. The van der Waals surface area contributed by atoms with Gasteiger partial charge >= 0.3 is 0 Å². The number of quaternary nitrogens is 1. The Kier molecular flexibility index (Phi) is 3.30. The van der Waals surface area contributed by atoms with Gasteiger partial charge in [-0.15, -0.1) is 0 Å². The van der Waals surface area contributed by atoms with Crippen molar-refractivity contribution in [1.82, 2.24) is 4.57 Å². The Bertz CT molecular complexity index is 834. The highest BCUT2D eigenvalue weighted by molar-refractivity contribution is 14.1. The van der Waals surface area contributed by atoms with Gasteiger partial charge in [0.2, 0.25) is 5.90 Å². The van der Waals surface area contributed by atoms with E-state index in [9.17, 15) is 0 Å². The molecule has 4 nitrogen and oxygen atoms in total. The fraction of sp³-hybridized carbons (Fsp3) is 0.526. The van der Waals surface area contributed by atoms with Crippen LogP contribution >= 0.6 is 22.6 Å². The number of para-hydroxylation sites is 1. The molecule has 4 aliphatic heterocycles. The van der Waals surface area contributed by atoms with Crippen molar-refractivity contribution in [3.63, 3.8) is 0 Å². The number of aromatic nitrogens is 1. The van der Waals surface area contributed by atoms with Crippen LogP contribution in [0, 0.1) is 5.92 Å². The van der Waals surface area contributed by atoms with Crippen LogP contribution in [0.15, 0.2) is 35.5 Å². The normalized spacial score (nSPS) is 34.8. The van der Waals surface area contributed by atoms with Gasteiger partial charge in [0.1, 0.15) is 11.1 Å². The molecule has 24 heavy (non-hydrogen) atoms. The maximum atomic E-state index is 6.68. The first-order valence-electron chi connectivity index (χ1n) is 8.84. The van der Waals surface area contributed by atoms with Crippen LogP contribution in [0.5, 0.6) is 0 Å². The fourth-order valence-corrected chi connectivity index (χ4v) is 5.99. The highest BCUT2D eigenvalue weighted by atomic mass is 127. The highest BCUT2D eigenvalue weighted by Gasteiger charge is 2.58. The van der Waals surface area contributed by atoms with Crippen molar-refractivity contribution in [3.05, 3.63) is 36.0 Å². The number of rotatable bonds is 2. The number of benzene rings is 1. The Morgan fingerprint density at radius 3 is 2.92 bits per heavy atom. The molecule has 2 aromatic rings. The maximum absolute atomic E-state index is 6.68. The van der Waals surface area contributed by atoms with Crippen molar-refractivity contribution < 1.29 is 9.22 Å². The van der Waals surface area contributed by atoms with Gasteiger partial charge in [-0.1, -0.05) is 18.2 Å². The Morgan fingerprint density at radius 2 is 2.12 bits per heavy atom. The smallest absolute Gasteiger partial charge is 0.219 e. The van der Waals surface area contributed by atoms with Gasteiger partial charge in [0, 0.05) is 42.9 Å². The Labute approximate surface area is 156 Å². The molecule has 126 valence electrons. The molecule has 0 amide bonds. The molecule has 1 spiro atoms. The standard InChI is InChI=1S/C19H23IN3O/c1-22-10-16(15-4-2-3-5-17(15)22)18-21-11-19(24-18)12-23(13-20)8-6-14(19)7-9-23/h2-5,10,14H,6-9,11-13H2,1H3/q+1. The molecule has 4 aliphatic rings. The van der Waals surface area contributed by atoms with E-state index < -0.39 is 0 Å². The molecule has 3 fully saturated rings. The lowest BCUT2D eigenvalue weighted by Gasteiger charge is -2.55. The summed E-state index contributed by atoms with van der Waals surface area (Å²) in [5.74, 6) is 1.55. The van der Waals surface area contributed by atoms with Crippen molar-refractivity contribution in [1.29, 1.82) is 0 Å². The number of piperidine rings is 3. The lowest BCUT2D eigenvalue weighted by atomic mass is 9.74. The van der Waals surface area contributed by atoms with Crippen LogP contribution in [0.4, 0.5) is 0 Å². The molecule has 1 aromatic heterocycles. The first kappa shape index (κ1) is 15.2. The van der Waals surface area contributed by atoms with E-state index >= 15 is 0 Å². The average molecular weight is 436 g/mol. The van der Waals surface area contributed by atoms with Crippen LogP contribution < -0.4 is 0 Å². The molecule has 1 atom stereocenters. The van der Waals surface area contributed by atoms with Gasteiger partial charge in [0.05, 0.1) is 25.2 Å². The van der Waals surface area contributed by atoms with E-state index in [0.717, 1.165) is 24.6 Å². The van der Waals surface area contributed by atoms with Crippen molar-refractivity contribution in [3.8, 4) is 0 Å². The first-order valence-corrected chi connectivity index (χ1v) is 10.4. The Hall–Kier alpha value is -1.08. The summed E-state index contributed by atoms with van der Waals surface area (Å²) in [4.78, 5) is 4.90. The van der Waals surface area contributed by atoms with Crippen LogP contribution in [-0.2, 0) is 11.8 Å². The summed E-state index contributed by atoms with van der Waals surface area (Å²) in [7, 11) is 2.10. The minimum atomic E-state index is -0.0477. The van der Waals surface area contributed by atoms with Crippen LogP contribution in [0.1, 0.15) is 18.4 Å². The molecule has 0 aliphatic carbocycles. The number of aryl methyl sites for hydroxylation is 1. The summed E-state index contributed by atoms with van der Waals surface area (Å²) in [5, 5.41) is 1.25. The Morgan fingerprint density at radius 1 is 1.33 bits per heavy atom. The highest BCUT2D eigenvalue weighted by Crippen LogP contribution is 2.46. The maximum Gasteiger partial charge on any atom is 0.219 e. The summed E-state index contributed by atoms with van der Waals surface area (Å²) >= 11 is 2.56. The van der Waals surface area contributed by atoms with Crippen molar-refractivity contribution in [2.75, 3.05) is 30.7 Å². The van der Waals surface area contributed by atoms with E-state index in [-0.39, 0.29) is 5.60 Å². The number of alkyl halides is 1. The van der Waals surface area contributed by atoms with Gasteiger partial charge in [0.25, 0.3) is 0 Å². The van der Waals surface area contributed by atoms with E-state index in [1.165, 1.54) is 45.9 Å². The number of aliphatic imine (C=N–C) groups is 1. The lowest BCUT2D eigenvalue weighted by molar-refractivity contribution is -0.935. The average Bonchev–Trinajstić information content (AvgIpc) is 3.18. The van der Waals surface area contributed by atoms with Crippen molar-refractivity contribution >= 4 is 39.4 Å². The molecule has 0 saturated carbocycles. The van der Waals surface area contributed by atoms with Gasteiger partial charge in [-0.05, 0) is 28.7 Å². The molecule has 0 radical (unpaired) electrons. The minimum Gasteiger partial charge on any atom is -0.462 e. The molecule has 5 heteroatoms. The monoisotopic (exact) mass is 436 g/mol. The molecular weight excluding hydrogens is 413 g/mol. The van der Waals surface area contributed by atoms with Crippen LogP contribution in [-0.4, -0.2) is 51.3 Å². The van der Waals surface area contributed by atoms with Crippen LogP contribution in [0.3, 0.4) is 0 Å².